The molecule has 2 fully saturated rings. The summed E-state index contributed by atoms with van der Waals surface area (Å²) in [7, 11) is 0. The van der Waals surface area contributed by atoms with Crippen LogP contribution in [-0.4, -0.2) is 28.1 Å². The number of allylic oxidation sites excluding steroid dienone is 2. The van der Waals surface area contributed by atoms with Gasteiger partial charge in [0.2, 0.25) is 0 Å². The summed E-state index contributed by atoms with van der Waals surface area (Å²) in [5, 5.41) is 18.9. The lowest BCUT2D eigenvalue weighted by Crippen LogP contribution is -2.21. The van der Waals surface area contributed by atoms with E-state index in [0.717, 1.165) is 25.2 Å². The lowest BCUT2D eigenvalue weighted by Gasteiger charge is -2.21. The van der Waals surface area contributed by atoms with E-state index in [1.54, 1.807) is 0 Å². The van der Waals surface area contributed by atoms with E-state index in [0.29, 0.717) is 31.6 Å². The molecular weight excluding hydrogens is 316 g/mol. The number of ketones is 1. The van der Waals surface area contributed by atoms with E-state index in [9.17, 15) is 14.7 Å². The van der Waals surface area contributed by atoms with Crippen molar-refractivity contribution in [2.45, 2.75) is 89.6 Å². The first-order chi connectivity index (χ1) is 12.1. The average molecular weight is 350 g/mol. The number of carbonyl (C=O) groups is 2. The van der Waals surface area contributed by atoms with Gasteiger partial charge in [0.1, 0.15) is 5.78 Å². The van der Waals surface area contributed by atoms with E-state index < -0.39 is 5.97 Å². The van der Waals surface area contributed by atoms with Gasteiger partial charge in [0.25, 0.3) is 0 Å². The van der Waals surface area contributed by atoms with Gasteiger partial charge in [-0.05, 0) is 49.9 Å². The molecule has 0 radical (unpaired) electrons. The van der Waals surface area contributed by atoms with Gasteiger partial charge in [-0.2, -0.15) is 0 Å². The summed E-state index contributed by atoms with van der Waals surface area (Å²) in [5.41, 5.74) is 0. The number of carboxylic acids is 1. The Hall–Kier alpha value is -1.16. The van der Waals surface area contributed by atoms with Crippen LogP contribution in [0.4, 0.5) is 0 Å². The standard InChI is InChI=1S/C21H34O4/c22-18(11-4-5-12-21(24)25)15-19-17(13-14-20(19)23)10-6-9-16-7-2-1-3-8-16/h6,10,16-17,19-20,23H,1-5,7-9,11-15H2,(H,24,25)/b10-6+/t17-,19+,20-/m0/s1. The van der Waals surface area contributed by atoms with Crippen molar-refractivity contribution in [2.24, 2.45) is 17.8 Å². The fourth-order valence-corrected chi connectivity index (χ4v) is 4.44. The molecule has 2 saturated carbocycles. The minimum atomic E-state index is -0.804. The second-order valence-electron chi connectivity index (χ2n) is 7.98. The van der Waals surface area contributed by atoms with E-state index in [-0.39, 0.29) is 24.2 Å². The molecule has 0 spiro atoms. The minimum Gasteiger partial charge on any atom is -0.481 e. The fourth-order valence-electron chi connectivity index (χ4n) is 4.44. The third-order valence-corrected chi connectivity index (χ3v) is 5.98. The summed E-state index contributed by atoms with van der Waals surface area (Å²) >= 11 is 0. The zero-order chi connectivity index (χ0) is 18.1. The molecule has 0 unspecified atom stereocenters. The van der Waals surface area contributed by atoms with Crippen LogP contribution in [0.3, 0.4) is 0 Å². The quantitative estimate of drug-likeness (QED) is 0.449. The fraction of sp³-hybridized carbons (Fsp3) is 0.810. The SMILES string of the molecule is O=C(O)CCCCC(=O)C[C@H]1[C@@H](O)CC[C@@H]1/C=C/CC1CCCCC1. The average Bonchev–Trinajstić information content (AvgIpc) is 2.93. The molecule has 4 nitrogen and oxygen atoms in total. The molecule has 2 N–H and O–H groups in total. The van der Waals surface area contributed by atoms with Crippen LogP contribution in [-0.2, 0) is 9.59 Å². The highest BCUT2D eigenvalue weighted by Crippen LogP contribution is 2.36. The maximum Gasteiger partial charge on any atom is 0.303 e. The zero-order valence-corrected chi connectivity index (χ0v) is 15.4. The first-order valence-electron chi connectivity index (χ1n) is 10.1. The Morgan fingerprint density at radius 2 is 1.68 bits per heavy atom. The largest absolute Gasteiger partial charge is 0.481 e. The third-order valence-electron chi connectivity index (χ3n) is 5.98. The van der Waals surface area contributed by atoms with Crippen LogP contribution in [0.5, 0.6) is 0 Å². The molecule has 0 heterocycles. The van der Waals surface area contributed by atoms with Crippen molar-refractivity contribution in [3.8, 4) is 0 Å². The summed E-state index contributed by atoms with van der Waals surface area (Å²) in [5.74, 6) is 0.561. The van der Waals surface area contributed by atoms with Crippen LogP contribution in [0.2, 0.25) is 0 Å². The van der Waals surface area contributed by atoms with Crippen molar-refractivity contribution in [3.05, 3.63) is 12.2 Å². The van der Waals surface area contributed by atoms with Gasteiger partial charge in [-0.1, -0.05) is 44.3 Å². The molecule has 2 rings (SSSR count). The maximum atomic E-state index is 12.2. The highest BCUT2D eigenvalue weighted by molar-refractivity contribution is 5.78. The number of unbranched alkanes of at least 4 members (excludes halogenated alkanes) is 1. The number of Topliss-reactive ketones (excluding diaryl/α,β-unsaturated/α-hetero) is 1. The van der Waals surface area contributed by atoms with Crippen molar-refractivity contribution in [2.75, 3.05) is 0 Å². The Morgan fingerprint density at radius 3 is 2.40 bits per heavy atom. The van der Waals surface area contributed by atoms with Gasteiger partial charge < -0.3 is 10.2 Å². The molecule has 2 aliphatic carbocycles. The van der Waals surface area contributed by atoms with Gasteiger partial charge >= 0.3 is 5.97 Å². The molecule has 0 aromatic heterocycles. The molecular formula is C21H34O4. The number of aliphatic carboxylic acids is 1. The number of rotatable bonds is 10. The van der Waals surface area contributed by atoms with Gasteiger partial charge in [-0.3, -0.25) is 9.59 Å². The first kappa shape index (κ1) is 20.2. The Labute approximate surface area is 151 Å². The molecule has 142 valence electrons. The van der Waals surface area contributed by atoms with Gasteiger partial charge in [-0.15, -0.1) is 0 Å². The summed E-state index contributed by atoms with van der Waals surface area (Å²) in [6.45, 7) is 0. The number of carboxylic acid groups (broad SMARTS) is 1. The summed E-state index contributed by atoms with van der Waals surface area (Å²) < 4.78 is 0. The molecule has 0 aromatic rings. The predicted molar refractivity (Wildman–Crippen MR) is 98.3 cm³/mol. The first-order valence-corrected chi connectivity index (χ1v) is 10.1. The van der Waals surface area contributed by atoms with E-state index >= 15 is 0 Å². The van der Waals surface area contributed by atoms with Crippen molar-refractivity contribution in [1.82, 2.24) is 0 Å². The minimum absolute atomic E-state index is 0.0505. The number of hydrogen-bond donors (Lipinski definition) is 2. The maximum absolute atomic E-state index is 12.2. The second-order valence-corrected chi connectivity index (χ2v) is 7.98. The lowest BCUT2D eigenvalue weighted by molar-refractivity contribution is -0.137. The molecule has 0 saturated heterocycles. The van der Waals surface area contributed by atoms with E-state index in [1.165, 1.54) is 32.1 Å². The molecule has 0 bridgehead atoms. The van der Waals surface area contributed by atoms with Gasteiger partial charge in [0, 0.05) is 19.3 Å². The van der Waals surface area contributed by atoms with Crippen LogP contribution in [0.25, 0.3) is 0 Å². The van der Waals surface area contributed by atoms with Crippen molar-refractivity contribution in [3.63, 3.8) is 0 Å². The van der Waals surface area contributed by atoms with Gasteiger partial charge in [-0.25, -0.2) is 0 Å². The Morgan fingerprint density at radius 1 is 0.960 bits per heavy atom. The van der Waals surface area contributed by atoms with Crippen LogP contribution in [0.1, 0.15) is 83.5 Å². The van der Waals surface area contributed by atoms with E-state index in [4.69, 9.17) is 5.11 Å². The van der Waals surface area contributed by atoms with Gasteiger partial charge in [0.15, 0.2) is 0 Å². The predicted octanol–water partition coefficient (Wildman–Crippen LogP) is 4.50. The highest BCUT2D eigenvalue weighted by Gasteiger charge is 2.34. The number of carbonyl (C=O) groups excluding carboxylic acids is 1. The smallest absolute Gasteiger partial charge is 0.303 e. The normalized spacial score (nSPS) is 27.8. The lowest BCUT2D eigenvalue weighted by atomic mass is 9.85. The highest BCUT2D eigenvalue weighted by atomic mass is 16.4. The molecule has 3 atom stereocenters. The molecule has 25 heavy (non-hydrogen) atoms. The topological polar surface area (TPSA) is 74.6 Å². The summed E-state index contributed by atoms with van der Waals surface area (Å²) in [6.07, 6.45) is 16.1. The molecule has 0 aromatic carbocycles. The van der Waals surface area contributed by atoms with E-state index in [1.807, 2.05) is 0 Å². The molecule has 0 amide bonds. The summed E-state index contributed by atoms with van der Waals surface area (Å²) in [6, 6.07) is 0. The third kappa shape index (κ3) is 7.31. The van der Waals surface area contributed by atoms with E-state index in [2.05, 4.69) is 12.2 Å². The number of hydrogen-bond acceptors (Lipinski definition) is 3. The molecule has 0 aliphatic heterocycles. The Bertz CT molecular complexity index is 451. The second kappa shape index (κ2) is 10.7. The zero-order valence-electron chi connectivity index (χ0n) is 15.4. The summed E-state index contributed by atoms with van der Waals surface area (Å²) in [4.78, 5) is 22.7. The number of aliphatic hydroxyl groups excluding tert-OH is 1. The molecule has 4 heteroatoms. The van der Waals surface area contributed by atoms with Crippen LogP contribution < -0.4 is 0 Å². The van der Waals surface area contributed by atoms with Crippen LogP contribution in [0, 0.1) is 17.8 Å². The van der Waals surface area contributed by atoms with Crippen molar-refractivity contribution in [1.29, 1.82) is 0 Å². The Balaban J connectivity index is 1.72. The Kier molecular flexibility index (Phi) is 8.66. The van der Waals surface area contributed by atoms with Crippen molar-refractivity contribution >= 4 is 11.8 Å². The van der Waals surface area contributed by atoms with Crippen molar-refractivity contribution < 1.29 is 19.8 Å². The monoisotopic (exact) mass is 350 g/mol. The van der Waals surface area contributed by atoms with Crippen LogP contribution >= 0.6 is 0 Å². The molecule has 2 aliphatic rings. The van der Waals surface area contributed by atoms with Gasteiger partial charge in [0.05, 0.1) is 6.10 Å². The number of aliphatic hydroxyl groups is 1. The van der Waals surface area contributed by atoms with Crippen LogP contribution in [0.15, 0.2) is 12.2 Å².